The van der Waals surface area contributed by atoms with Gasteiger partial charge in [0.2, 0.25) is 5.82 Å². The fourth-order valence-corrected chi connectivity index (χ4v) is 2.38. The molecule has 1 heterocycles. The van der Waals surface area contributed by atoms with Gasteiger partial charge in [-0.2, -0.15) is 18.0 Å². The molecule has 3 rings (SSSR count). The van der Waals surface area contributed by atoms with Gasteiger partial charge < -0.3 is 15.2 Å². The molecule has 0 atom stereocenters. The molecule has 0 aliphatic heterocycles. The summed E-state index contributed by atoms with van der Waals surface area (Å²) < 4.78 is 43.3. The van der Waals surface area contributed by atoms with E-state index < -0.39 is 11.7 Å². The van der Waals surface area contributed by atoms with Gasteiger partial charge in [-0.1, -0.05) is 0 Å². The second-order valence-electron chi connectivity index (χ2n) is 5.54. The minimum atomic E-state index is -4.39. The van der Waals surface area contributed by atoms with E-state index in [1.165, 1.54) is 24.0 Å². The summed E-state index contributed by atoms with van der Waals surface area (Å²) in [5.41, 5.74) is 0.867. The number of hydrogen-bond donors (Lipinski definition) is 2. The van der Waals surface area contributed by atoms with Gasteiger partial charge in [-0.05, 0) is 47.7 Å². The maximum atomic E-state index is 12.7. The topological polar surface area (TPSA) is 85.1 Å². The van der Waals surface area contributed by atoms with Gasteiger partial charge in [-0.3, -0.25) is 0 Å². The molecule has 142 valence electrons. The van der Waals surface area contributed by atoms with Crippen LogP contribution >= 0.6 is 0 Å². The fraction of sp³-hybridized carbons (Fsp3) is 0.235. The monoisotopic (exact) mass is 379 g/mol. The molecule has 7 nitrogen and oxygen atoms in total. The van der Waals surface area contributed by atoms with E-state index in [9.17, 15) is 13.2 Å². The van der Waals surface area contributed by atoms with E-state index in [1.807, 2.05) is 0 Å². The molecule has 0 radical (unpaired) electrons. The third-order valence-corrected chi connectivity index (χ3v) is 3.71. The summed E-state index contributed by atoms with van der Waals surface area (Å²) in [6.07, 6.45) is -4.39. The lowest BCUT2D eigenvalue weighted by atomic mass is 10.1. The van der Waals surface area contributed by atoms with Crippen LogP contribution < -0.4 is 10.1 Å². The maximum Gasteiger partial charge on any atom is 0.416 e. The summed E-state index contributed by atoms with van der Waals surface area (Å²) >= 11 is 0. The molecule has 10 heteroatoms. The van der Waals surface area contributed by atoms with Crippen LogP contribution in [0.2, 0.25) is 0 Å². The summed E-state index contributed by atoms with van der Waals surface area (Å²) in [6.45, 7) is 0.0587. The maximum absolute atomic E-state index is 12.7. The predicted octanol–water partition coefficient (Wildman–Crippen LogP) is 3.10. The molecule has 0 aliphatic carbocycles. The van der Waals surface area contributed by atoms with Gasteiger partial charge in [0.1, 0.15) is 5.75 Å². The number of ether oxygens (including phenoxy) is 1. The van der Waals surface area contributed by atoms with Crippen molar-refractivity contribution in [2.45, 2.75) is 12.7 Å². The van der Waals surface area contributed by atoms with Crippen molar-refractivity contribution in [3.8, 4) is 17.1 Å². The largest absolute Gasteiger partial charge is 0.497 e. The number of aliphatic hydroxyl groups excluding tert-OH is 1. The molecular formula is C17H16F3N5O2. The Kier molecular flexibility index (Phi) is 5.26. The van der Waals surface area contributed by atoms with Crippen molar-refractivity contribution in [2.24, 2.45) is 0 Å². The zero-order chi connectivity index (χ0) is 19.4. The third kappa shape index (κ3) is 4.34. The van der Waals surface area contributed by atoms with E-state index in [4.69, 9.17) is 9.84 Å². The zero-order valence-corrected chi connectivity index (χ0v) is 14.2. The quantitative estimate of drug-likeness (QED) is 0.685. The highest BCUT2D eigenvalue weighted by Gasteiger charge is 2.30. The molecule has 3 aromatic rings. The van der Waals surface area contributed by atoms with E-state index in [1.54, 1.807) is 18.2 Å². The van der Waals surface area contributed by atoms with E-state index in [0.717, 1.165) is 12.1 Å². The highest BCUT2D eigenvalue weighted by molar-refractivity contribution is 5.78. The van der Waals surface area contributed by atoms with Gasteiger partial charge >= 0.3 is 6.18 Å². The van der Waals surface area contributed by atoms with Crippen LogP contribution in [0.1, 0.15) is 5.56 Å². The normalized spacial score (nSPS) is 11.4. The molecule has 1 aromatic heterocycles. The first kappa shape index (κ1) is 18.6. The molecule has 0 unspecified atom stereocenters. The lowest BCUT2D eigenvalue weighted by Crippen LogP contribution is -2.06. The summed E-state index contributed by atoms with van der Waals surface area (Å²) in [5, 5.41) is 24.0. The van der Waals surface area contributed by atoms with Crippen LogP contribution in [-0.2, 0) is 12.7 Å². The Labute approximate surface area is 152 Å². The smallest absolute Gasteiger partial charge is 0.416 e. The van der Waals surface area contributed by atoms with Crippen molar-refractivity contribution in [1.29, 1.82) is 0 Å². The van der Waals surface area contributed by atoms with Crippen LogP contribution in [0, 0.1) is 0 Å². The number of hydrogen-bond acceptors (Lipinski definition) is 6. The number of nitrogens with one attached hydrogen (secondary N) is 1. The molecule has 2 N–H and O–H groups in total. The van der Waals surface area contributed by atoms with Crippen molar-refractivity contribution in [2.75, 3.05) is 19.0 Å². The van der Waals surface area contributed by atoms with Gasteiger partial charge in [0, 0.05) is 11.4 Å². The van der Waals surface area contributed by atoms with E-state index >= 15 is 0 Å². The summed E-state index contributed by atoms with van der Waals surface area (Å²) in [6, 6.07) is 9.78. The van der Waals surface area contributed by atoms with Crippen LogP contribution in [0.3, 0.4) is 0 Å². The number of tetrazole rings is 1. The van der Waals surface area contributed by atoms with Crippen molar-refractivity contribution in [3.63, 3.8) is 0 Å². The summed E-state index contributed by atoms with van der Waals surface area (Å²) in [7, 11) is 1.51. The number of alkyl halides is 3. The number of aromatic nitrogens is 4. The van der Waals surface area contributed by atoms with Crippen molar-refractivity contribution >= 4 is 11.4 Å². The lowest BCUT2D eigenvalue weighted by Gasteiger charge is -2.13. The van der Waals surface area contributed by atoms with Crippen molar-refractivity contribution in [1.82, 2.24) is 20.2 Å². The van der Waals surface area contributed by atoms with E-state index in [2.05, 4.69) is 20.7 Å². The lowest BCUT2D eigenvalue weighted by molar-refractivity contribution is -0.137. The summed E-state index contributed by atoms with van der Waals surface area (Å²) in [4.78, 5) is 1.25. The number of benzene rings is 2. The molecule has 0 spiro atoms. The standard InChI is InChI=1S/C17H16F3N5O2/c1-27-13-6-7-15(14(10-13)16-22-24-25(23-16)8-9-26)21-12-4-2-11(3-5-12)17(18,19)20/h2-7,10,21,26H,8-9H2,1H3. The van der Waals surface area contributed by atoms with Gasteiger partial charge in [0.05, 0.1) is 31.4 Å². The number of methoxy groups -OCH3 is 1. The fourth-order valence-electron chi connectivity index (χ4n) is 2.38. The molecule has 0 bridgehead atoms. The third-order valence-electron chi connectivity index (χ3n) is 3.71. The highest BCUT2D eigenvalue weighted by atomic mass is 19.4. The van der Waals surface area contributed by atoms with Gasteiger partial charge in [0.15, 0.2) is 0 Å². The number of rotatable bonds is 6. The molecule has 2 aromatic carbocycles. The van der Waals surface area contributed by atoms with Crippen molar-refractivity contribution in [3.05, 3.63) is 48.0 Å². The Hall–Kier alpha value is -3.14. The Morgan fingerprint density at radius 1 is 1.15 bits per heavy atom. The second kappa shape index (κ2) is 7.62. The zero-order valence-electron chi connectivity index (χ0n) is 14.2. The highest BCUT2D eigenvalue weighted by Crippen LogP contribution is 2.33. The van der Waals surface area contributed by atoms with Gasteiger partial charge in [-0.25, -0.2) is 0 Å². The first-order valence-corrected chi connectivity index (χ1v) is 7.92. The Bertz CT molecular complexity index is 910. The van der Waals surface area contributed by atoms with Crippen LogP contribution in [0.4, 0.5) is 24.5 Å². The van der Waals surface area contributed by atoms with Crippen LogP contribution in [-0.4, -0.2) is 39.0 Å². The first-order valence-electron chi connectivity index (χ1n) is 7.92. The van der Waals surface area contributed by atoms with E-state index in [0.29, 0.717) is 22.7 Å². The molecule has 0 saturated carbocycles. The Morgan fingerprint density at radius 2 is 1.89 bits per heavy atom. The van der Waals surface area contributed by atoms with Crippen LogP contribution in [0.25, 0.3) is 11.4 Å². The molecule has 27 heavy (non-hydrogen) atoms. The van der Waals surface area contributed by atoms with Gasteiger partial charge in [0.25, 0.3) is 0 Å². The minimum absolute atomic E-state index is 0.134. The molecule has 0 aliphatic rings. The minimum Gasteiger partial charge on any atom is -0.497 e. The predicted molar refractivity (Wildman–Crippen MR) is 91.6 cm³/mol. The molecule has 0 saturated heterocycles. The Morgan fingerprint density at radius 3 is 2.52 bits per heavy atom. The second-order valence-corrected chi connectivity index (χ2v) is 5.54. The van der Waals surface area contributed by atoms with Crippen LogP contribution in [0.5, 0.6) is 5.75 Å². The number of nitrogens with zero attached hydrogens (tertiary/aromatic N) is 4. The average Bonchev–Trinajstić information content (AvgIpc) is 3.10. The number of halogens is 3. The molecule has 0 fully saturated rings. The van der Waals surface area contributed by atoms with Crippen molar-refractivity contribution < 1.29 is 23.0 Å². The molecule has 0 amide bonds. The van der Waals surface area contributed by atoms with Crippen LogP contribution in [0.15, 0.2) is 42.5 Å². The van der Waals surface area contributed by atoms with E-state index in [-0.39, 0.29) is 19.0 Å². The Balaban J connectivity index is 1.92. The SMILES string of the molecule is COc1ccc(Nc2ccc(C(F)(F)F)cc2)c(-c2nnn(CCO)n2)c1. The molecular weight excluding hydrogens is 363 g/mol. The summed E-state index contributed by atoms with van der Waals surface area (Å²) in [5.74, 6) is 0.846. The first-order chi connectivity index (χ1) is 12.9. The number of anilines is 2. The average molecular weight is 379 g/mol. The van der Waals surface area contributed by atoms with Gasteiger partial charge in [-0.15, -0.1) is 10.2 Å². The number of aliphatic hydroxyl groups is 1.